The molecule has 4 nitrogen and oxygen atoms in total. The number of aryl methyl sites for hydroxylation is 1. The number of halogens is 2. The van der Waals surface area contributed by atoms with Crippen LogP contribution in [0, 0.1) is 5.82 Å². The summed E-state index contributed by atoms with van der Waals surface area (Å²) in [5.41, 5.74) is 6.55. The second-order valence-electron chi connectivity index (χ2n) is 4.08. The van der Waals surface area contributed by atoms with Gasteiger partial charge in [0.2, 0.25) is 0 Å². The van der Waals surface area contributed by atoms with E-state index >= 15 is 0 Å². The molecular weight excluding hydrogens is 271 g/mol. The monoisotopic (exact) mass is 282 g/mol. The Morgan fingerprint density at radius 3 is 2.84 bits per heavy atom. The lowest BCUT2D eigenvalue weighted by molar-refractivity contribution is 0.0458. The number of carbonyl (C=O) groups excluding carboxylic acids is 1. The van der Waals surface area contributed by atoms with E-state index in [0.717, 1.165) is 0 Å². The highest BCUT2D eigenvalue weighted by Gasteiger charge is 2.13. The number of esters is 1. The predicted molar refractivity (Wildman–Crippen MR) is 70.4 cm³/mol. The van der Waals surface area contributed by atoms with Crippen molar-refractivity contribution < 1.29 is 13.9 Å². The van der Waals surface area contributed by atoms with Crippen LogP contribution in [0.25, 0.3) is 0 Å². The van der Waals surface area contributed by atoms with E-state index in [2.05, 4.69) is 0 Å². The van der Waals surface area contributed by atoms with Crippen molar-refractivity contribution in [3.63, 3.8) is 0 Å². The number of nitrogens with two attached hydrogens (primary N) is 1. The van der Waals surface area contributed by atoms with Gasteiger partial charge < -0.3 is 15.0 Å². The zero-order valence-electron chi connectivity index (χ0n) is 10.2. The molecule has 0 saturated heterocycles. The Morgan fingerprint density at radius 1 is 1.47 bits per heavy atom. The number of hydrogen-bond donors (Lipinski definition) is 1. The highest BCUT2D eigenvalue weighted by molar-refractivity contribution is 6.30. The van der Waals surface area contributed by atoms with Crippen LogP contribution < -0.4 is 5.73 Å². The Hall–Kier alpha value is -2.01. The van der Waals surface area contributed by atoms with Crippen LogP contribution in [0.3, 0.4) is 0 Å². The molecule has 0 saturated carbocycles. The van der Waals surface area contributed by atoms with Crippen LogP contribution in [0.5, 0.6) is 0 Å². The van der Waals surface area contributed by atoms with Crippen molar-refractivity contribution in [2.45, 2.75) is 6.61 Å². The maximum absolute atomic E-state index is 13.4. The van der Waals surface area contributed by atoms with E-state index in [-0.39, 0.29) is 12.2 Å². The fourth-order valence-corrected chi connectivity index (χ4v) is 1.86. The quantitative estimate of drug-likeness (QED) is 0.881. The third-order valence-electron chi connectivity index (χ3n) is 2.60. The molecule has 100 valence electrons. The van der Waals surface area contributed by atoms with Crippen LogP contribution in [-0.2, 0) is 18.4 Å². The van der Waals surface area contributed by atoms with Crippen molar-refractivity contribution in [1.82, 2.24) is 4.57 Å². The second kappa shape index (κ2) is 5.32. The number of benzene rings is 1. The number of carbonyl (C=O) groups is 1. The van der Waals surface area contributed by atoms with Crippen molar-refractivity contribution in [3.05, 3.63) is 52.6 Å². The summed E-state index contributed by atoms with van der Waals surface area (Å²) in [5.74, 6) is -1.04. The normalized spacial score (nSPS) is 10.5. The summed E-state index contributed by atoms with van der Waals surface area (Å²) in [5, 5.41) is 0.385. The van der Waals surface area contributed by atoms with Gasteiger partial charge in [0.15, 0.2) is 0 Å². The third-order valence-corrected chi connectivity index (χ3v) is 2.84. The zero-order chi connectivity index (χ0) is 14.0. The molecule has 0 aliphatic rings. The Bertz CT molecular complexity index is 625. The molecule has 0 spiro atoms. The number of ether oxygens (including phenoxy) is 1. The Morgan fingerprint density at radius 2 is 2.21 bits per heavy atom. The highest BCUT2D eigenvalue weighted by Crippen LogP contribution is 2.17. The SMILES string of the molecule is Cn1cc(N)cc1C(=O)OCc1cc(Cl)ccc1F. The van der Waals surface area contributed by atoms with Crippen molar-refractivity contribution >= 4 is 23.3 Å². The van der Waals surface area contributed by atoms with Gasteiger partial charge in [-0.1, -0.05) is 11.6 Å². The molecule has 0 atom stereocenters. The van der Waals surface area contributed by atoms with Crippen molar-refractivity contribution in [3.8, 4) is 0 Å². The van der Waals surface area contributed by atoms with Crippen molar-refractivity contribution in [2.24, 2.45) is 7.05 Å². The molecule has 2 N–H and O–H groups in total. The van der Waals surface area contributed by atoms with Crippen LogP contribution in [-0.4, -0.2) is 10.5 Å². The summed E-state index contributed by atoms with van der Waals surface area (Å²) in [6, 6.07) is 5.58. The van der Waals surface area contributed by atoms with E-state index in [1.165, 1.54) is 24.3 Å². The number of anilines is 1. The maximum Gasteiger partial charge on any atom is 0.355 e. The number of hydrogen-bond acceptors (Lipinski definition) is 3. The van der Waals surface area contributed by atoms with E-state index in [9.17, 15) is 9.18 Å². The largest absolute Gasteiger partial charge is 0.456 e. The second-order valence-corrected chi connectivity index (χ2v) is 4.52. The zero-order valence-corrected chi connectivity index (χ0v) is 10.9. The van der Waals surface area contributed by atoms with Crippen molar-refractivity contribution in [1.29, 1.82) is 0 Å². The predicted octanol–water partition coefficient (Wildman–Crippen LogP) is 2.76. The average molecular weight is 283 g/mol. The van der Waals surface area contributed by atoms with Gasteiger partial charge >= 0.3 is 5.97 Å². The van der Waals surface area contributed by atoms with E-state index in [1.807, 2.05) is 0 Å². The lowest BCUT2D eigenvalue weighted by atomic mass is 10.2. The van der Waals surface area contributed by atoms with Crippen LogP contribution in [0.2, 0.25) is 5.02 Å². The average Bonchev–Trinajstić information content (AvgIpc) is 2.69. The van der Waals surface area contributed by atoms with Gasteiger partial charge in [-0.05, 0) is 24.3 Å². The molecule has 0 amide bonds. The highest BCUT2D eigenvalue weighted by atomic mass is 35.5. The first-order valence-electron chi connectivity index (χ1n) is 5.50. The molecular formula is C13H12ClFN2O2. The topological polar surface area (TPSA) is 57.2 Å². The fourth-order valence-electron chi connectivity index (χ4n) is 1.66. The minimum atomic E-state index is -0.571. The standard InChI is InChI=1S/C13H12ClFN2O2/c1-17-6-10(16)5-12(17)13(18)19-7-8-4-9(14)2-3-11(8)15/h2-6H,7,16H2,1H3. The molecule has 0 bridgehead atoms. The van der Waals surface area contributed by atoms with E-state index in [1.54, 1.807) is 17.8 Å². The van der Waals surface area contributed by atoms with E-state index < -0.39 is 11.8 Å². The molecule has 6 heteroatoms. The summed E-state index contributed by atoms with van der Waals surface area (Å²) >= 11 is 5.75. The molecule has 2 aromatic rings. The van der Waals surface area contributed by atoms with Crippen LogP contribution in [0.15, 0.2) is 30.5 Å². The molecule has 1 aromatic heterocycles. The van der Waals surface area contributed by atoms with Crippen LogP contribution >= 0.6 is 11.6 Å². The summed E-state index contributed by atoms with van der Waals surface area (Å²) in [4.78, 5) is 11.8. The van der Waals surface area contributed by atoms with E-state index in [0.29, 0.717) is 16.4 Å². The van der Waals surface area contributed by atoms with Gasteiger partial charge in [-0.25, -0.2) is 9.18 Å². The number of rotatable bonds is 3. The molecule has 0 aliphatic heterocycles. The molecule has 1 aromatic carbocycles. The molecule has 19 heavy (non-hydrogen) atoms. The number of aromatic nitrogens is 1. The van der Waals surface area contributed by atoms with Crippen LogP contribution in [0.4, 0.5) is 10.1 Å². The smallest absolute Gasteiger partial charge is 0.355 e. The molecule has 0 unspecified atom stereocenters. The first-order valence-corrected chi connectivity index (χ1v) is 5.88. The van der Waals surface area contributed by atoms with Gasteiger partial charge in [-0.2, -0.15) is 0 Å². The molecule has 2 rings (SSSR count). The third kappa shape index (κ3) is 3.06. The Balaban J connectivity index is 2.08. The summed E-state index contributed by atoms with van der Waals surface area (Å²) in [7, 11) is 1.67. The van der Waals surface area contributed by atoms with Gasteiger partial charge in [0.1, 0.15) is 18.1 Å². The van der Waals surface area contributed by atoms with Gasteiger partial charge in [0, 0.05) is 23.8 Å². The first kappa shape index (κ1) is 13.4. The number of nitrogen functional groups attached to an aromatic ring is 1. The Kier molecular flexibility index (Phi) is 3.76. The Labute approximate surface area is 114 Å². The molecule has 0 radical (unpaired) electrons. The minimum absolute atomic E-state index is 0.184. The maximum atomic E-state index is 13.4. The molecule has 0 aliphatic carbocycles. The molecule has 1 heterocycles. The van der Waals surface area contributed by atoms with Gasteiger partial charge in [0.05, 0.1) is 5.69 Å². The van der Waals surface area contributed by atoms with Crippen molar-refractivity contribution in [2.75, 3.05) is 5.73 Å². The van der Waals surface area contributed by atoms with Crippen LogP contribution in [0.1, 0.15) is 16.1 Å². The van der Waals surface area contributed by atoms with Gasteiger partial charge in [-0.15, -0.1) is 0 Å². The summed E-state index contributed by atoms with van der Waals surface area (Å²) < 4.78 is 20.0. The first-order chi connectivity index (χ1) is 8.97. The number of nitrogens with zero attached hydrogens (tertiary/aromatic N) is 1. The van der Waals surface area contributed by atoms with Gasteiger partial charge in [-0.3, -0.25) is 0 Å². The molecule has 0 fully saturated rings. The van der Waals surface area contributed by atoms with E-state index in [4.69, 9.17) is 22.1 Å². The summed E-state index contributed by atoms with van der Waals surface area (Å²) in [6.45, 7) is -0.184. The minimum Gasteiger partial charge on any atom is -0.456 e. The lowest BCUT2D eigenvalue weighted by Crippen LogP contribution is -2.10. The summed E-state index contributed by atoms with van der Waals surface area (Å²) in [6.07, 6.45) is 1.59. The lowest BCUT2D eigenvalue weighted by Gasteiger charge is -2.06. The fraction of sp³-hybridized carbons (Fsp3) is 0.154. The van der Waals surface area contributed by atoms with Gasteiger partial charge in [0.25, 0.3) is 0 Å².